The summed E-state index contributed by atoms with van der Waals surface area (Å²) < 4.78 is 1.89. The Morgan fingerprint density at radius 2 is 2.05 bits per heavy atom. The maximum absolute atomic E-state index is 11.9. The largest absolute Gasteiger partial charge is 0.338 e. The fraction of sp³-hybridized carbons (Fsp3) is 0.0588. The molecule has 0 saturated heterocycles. The smallest absolute Gasteiger partial charge is 0.259 e. The molecule has 0 aliphatic heterocycles. The van der Waals surface area contributed by atoms with Crippen LogP contribution in [0.3, 0.4) is 0 Å². The van der Waals surface area contributed by atoms with Crippen LogP contribution in [0.15, 0.2) is 65.9 Å². The van der Waals surface area contributed by atoms with Crippen LogP contribution in [0.1, 0.15) is 5.56 Å². The van der Waals surface area contributed by atoms with E-state index >= 15 is 0 Å². The molecular weight excluding hydrogens is 298 g/mol. The first kappa shape index (κ1) is 14.4. The van der Waals surface area contributed by atoms with Crippen molar-refractivity contribution in [1.82, 2.24) is 9.99 Å². The second-order valence-corrected chi connectivity index (χ2v) is 5.29. The third kappa shape index (κ3) is 3.35. The number of nitrogens with zero attached hydrogens (tertiary/aromatic N) is 2. The van der Waals surface area contributed by atoms with Gasteiger partial charge in [-0.15, -0.1) is 0 Å². The average molecular weight is 312 g/mol. The number of halogens is 1. The zero-order valence-electron chi connectivity index (χ0n) is 11.7. The Balaban J connectivity index is 1.63. The molecule has 0 unspecified atom stereocenters. The molecule has 1 heterocycles. The Labute approximate surface area is 133 Å². The number of hydrogen-bond donors (Lipinski definition) is 1. The lowest BCUT2D eigenvalue weighted by atomic mass is 10.2. The normalized spacial score (nSPS) is 11.1. The number of nitrogens with one attached hydrogen (secondary N) is 1. The van der Waals surface area contributed by atoms with E-state index in [9.17, 15) is 4.79 Å². The number of rotatable bonds is 4. The summed E-state index contributed by atoms with van der Waals surface area (Å²) in [5.41, 5.74) is 4.38. The van der Waals surface area contributed by atoms with Crippen molar-refractivity contribution in [2.75, 3.05) is 0 Å². The summed E-state index contributed by atoms with van der Waals surface area (Å²) in [4.78, 5) is 11.9. The van der Waals surface area contributed by atoms with E-state index in [1.54, 1.807) is 18.3 Å². The van der Waals surface area contributed by atoms with Crippen molar-refractivity contribution < 1.29 is 4.79 Å². The van der Waals surface area contributed by atoms with Gasteiger partial charge in [-0.1, -0.05) is 41.9 Å². The summed E-state index contributed by atoms with van der Waals surface area (Å²) in [6, 6.07) is 17.2. The standard InChI is InChI=1S/C17H14ClN3O/c18-15-6-3-4-13(10-15)11-19-20-17(22)12-21-9-8-14-5-1-2-7-16(14)21/h1-11H,12H2,(H,20,22)/b19-11+. The van der Waals surface area contributed by atoms with Gasteiger partial charge in [0.2, 0.25) is 0 Å². The fourth-order valence-corrected chi connectivity index (χ4v) is 2.43. The minimum atomic E-state index is -0.181. The molecule has 0 aliphatic carbocycles. The van der Waals surface area contributed by atoms with E-state index in [4.69, 9.17) is 11.6 Å². The van der Waals surface area contributed by atoms with Crippen LogP contribution in [0.25, 0.3) is 10.9 Å². The summed E-state index contributed by atoms with van der Waals surface area (Å²) in [6.45, 7) is 0.223. The number of carbonyl (C=O) groups is 1. The van der Waals surface area contributed by atoms with Crippen LogP contribution in [0.5, 0.6) is 0 Å². The average Bonchev–Trinajstić information content (AvgIpc) is 2.91. The summed E-state index contributed by atoms with van der Waals surface area (Å²) in [5, 5.41) is 5.69. The van der Waals surface area contributed by atoms with Gasteiger partial charge in [-0.25, -0.2) is 5.43 Å². The second-order valence-electron chi connectivity index (χ2n) is 4.85. The Bertz CT molecular complexity index is 839. The number of amides is 1. The van der Waals surface area contributed by atoms with Gasteiger partial charge in [0.25, 0.3) is 5.91 Å². The van der Waals surface area contributed by atoms with Crippen molar-refractivity contribution in [1.29, 1.82) is 0 Å². The first-order chi connectivity index (χ1) is 10.7. The second kappa shape index (κ2) is 6.45. The quantitative estimate of drug-likeness (QED) is 0.582. The molecule has 2 aromatic carbocycles. The number of fused-ring (bicyclic) bond motifs is 1. The summed E-state index contributed by atoms with van der Waals surface area (Å²) in [6.07, 6.45) is 3.46. The van der Waals surface area contributed by atoms with E-state index in [1.165, 1.54) is 0 Å². The minimum Gasteiger partial charge on any atom is -0.338 e. The van der Waals surface area contributed by atoms with Crippen molar-refractivity contribution in [3.63, 3.8) is 0 Å². The highest BCUT2D eigenvalue weighted by Gasteiger charge is 2.04. The monoisotopic (exact) mass is 311 g/mol. The van der Waals surface area contributed by atoms with Gasteiger partial charge in [0.15, 0.2) is 0 Å². The number of benzene rings is 2. The van der Waals surface area contributed by atoms with E-state index in [0.717, 1.165) is 16.5 Å². The maximum Gasteiger partial charge on any atom is 0.259 e. The highest BCUT2D eigenvalue weighted by molar-refractivity contribution is 6.30. The van der Waals surface area contributed by atoms with Crippen molar-refractivity contribution in [2.45, 2.75) is 6.54 Å². The SMILES string of the molecule is O=C(Cn1ccc2ccccc21)N/N=C/c1cccc(Cl)c1. The van der Waals surface area contributed by atoms with Crippen LogP contribution in [0.4, 0.5) is 0 Å². The lowest BCUT2D eigenvalue weighted by molar-refractivity contribution is -0.121. The molecule has 0 radical (unpaired) electrons. The lowest BCUT2D eigenvalue weighted by Gasteiger charge is -2.04. The molecule has 1 aromatic heterocycles. The van der Waals surface area contributed by atoms with E-state index < -0.39 is 0 Å². The van der Waals surface area contributed by atoms with Crippen molar-refractivity contribution in [3.8, 4) is 0 Å². The zero-order valence-corrected chi connectivity index (χ0v) is 12.5. The van der Waals surface area contributed by atoms with Gasteiger partial charge in [0.05, 0.1) is 6.21 Å². The predicted octanol–water partition coefficient (Wildman–Crippen LogP) is 3.45. The van der Waals surface area contributed by atoms with Crippen LogP contribution in [0, 0.1) is 0 Å². The molecule has 22 heavy (non-hydrogen) atoms. The molecule has 0 aliphatic rings. The van der Waals surface area contributed by atoms with Gasteiger partial charge in [0, 0.05) is 16.7 Å². The lowest BCUT2D eigenvalue weighted by Crippen LogP contribution is -2.22. The minimum absolute atomic E-state index is 0.181. The summed E-state index contributed by atoms with van der Waals surface area (Å²) in [7, 11) is 0. The fourth-order valence-electron chi connectivity index (χ4n) is 2.23. The van der Waals surface area contributed by atoms with Crippen LogP contribution in [-0.4, -0.2) is 16.7 Å². The first-order valence-electron chi connectivity index (χ1n) is 6.84. The third-order valence-electron chi connectivity index (χ3n) is 3.25. The Kier molecular flexibility index (Phi) is 4.21. The number of aromatic nitrogens is 1. The molecule has 1 N–H and O–H groups in total. The summed E-state index contributed by atoms with van der Waals surface area (Å²) >= 11 is 5.88. The molecule has 4 nitrogen and oxygen atoms in total. The molecular formula is C17H14ClN3O. The number of hydrogen-bond acceptors (Lipinski definition) is 2. The molecule has 0 saturated carbocycles. The van der Waals surface area contributed by atoms with E-state index in [2.05, 4.69) is 10.5 Å². The topological polar surface area (TPSA) is 46.4 Å². The molecule has 1 amide bonds. The van der Waals surface area contributed by atoms with E-state index in [0.29, 0.717) is 5.02 Å². The molecule has 0 fully saturated rings. The van der Waals surface area contributed by atoms with Gasteiger partial charge in [-0.2, -0.15) is 5.10 Å². The maximum atomic E-state index is 11.9. The highest BCUT2D eigenvalue weighted by Crippen LogP contribution is 2.14. The molecule has 5 heteroatoms. The third-order valence-corrected chi connectivity index (χ3v) is 3.48. The van der Waals surface area contributed by atoms with E-state index in [-0.39, 0.29) is 12.5 Å². The van der Waals surface area contributed by atoms with E-state index in [1.807, 2.05) is 53.2 Å². The van der Waals surface area contributed by atoms with Gasteiger partial charge in [0.1, 0.15) is 6.54 Å². The molecule has 3 rings (SSSR count). The van der Waals surface area contributed by atoms with Crippen molar-refractivity contribution >= 4 is 34.6 Å². The predicted molar refractivity (Wildman–Crippen MR) is 89.1 cm³/mol. The summed E-state index contributed by atoms with van der Waals surface area (Å²) in [5.74, 6) is -0.181. The molecule has 110 valence electrons. The van der Waals surface area contributed by atoms with Crippen LogP contribution in [0.2, 0.25) is 5.02 Å². The van der Waals surface area contributed by atoms with Crippen molar-refractivity contribution in [2.24, 2.45) is 5.10 Å². The first-order valence-corrected chi connectivity index (χ1v) is 7.21. The number of hydrazone groups is 1. The zero-order chi connectivity index (χ0) is 15.4. The van der Waals surface area contributed by atoms with Gasteiger partial charge in [-0.05, 0) is 35.2 Å². The van der Waals surface area contributed by atoms with Gasteiger partial charge < -0.3 is 4.57 Å². The Morgan fingerprint density at radius 3 is 2.91 bits per heavy atom. The molecule has 0 bridgehead atoms. The van der Waals surface area contributed by atoms with Crippen LogP contribution >= 0.6 is 11.6 Å². The highest BCUT2D eigenvalue weighted by atomic mass is 35.5. The molecule has 3 aromatic rings. The number of para-hydroxylation sites is 1. The van der Waals surface area contributed by atoms with Crippen LogP contribution < -0.4 is 5.43 Å². The number of carbonyl (C=O) groups excluding carboxylic acids is 1. The van der Waals surface area contributed by atoms with Gasteiger partial charge >= 0.3 is 0 Å². The van der Waals surface area contributed by atoms with Crippen LogP contribution in [-0.2, 0) is 11.3 Å². The molecule has 0 spiro atoms. The van der Waals surface area contributed by atoms with Crippen molar-refractivity contribution in [3.05, 3.63) is 71.4 Å². The Morgan fingerprint density at radius 1 is 1.18 bits per heavy atom. The van der Waals surface area contributed by atoms with Gasteiger partial charge in [-0.3, -0.25) is 4.79 Å². The molecule has 0 atom stereocenters. The Hall–Kier alpha value is -2.59.